The van der Waals surface area contributed by atoms with Crippen LogP contribution in [0.1, 0.15) is 5.69 Å². The van der Waals surface area contributed by atoms with E-state index in [1.807, 2.05) is 28.9 Å². The Bertz CT molecular complexity index is 636. The molecule has 0 aliphatic heterocycles. The average Bonchev–Trinajstić information content (AvgIpc) is 2.57. The monoisotopic (exact) mass is 317 g/mol. The summed E-state index contributed by atoms with van der Waals surface area (Å²) < 4.78 is 27.1. The number of aromatic nitrogens is 2. The Morgan fingerprint density at radius 1 is 1.41 bits per heavy atom. The third kappa shape index (κ3) is 3.52. The van der Waals surface area contributed by atoms with Gasteiger partial charge >= 0.3 is 0 Å². The molecule has 1 N–H and O–H groups in total. The number of pyridine rings is 1. The molecule has 2 aromatic heterocycles. The molecule has 17 heavy (non-hydrogen) atoms. The summed E-state index contributed by atoms with van der Waals surface area (Å²) in [6.45, 7) is 0.365. The van der Waals surface area contributed by atoms with E-state index in [0.717, 1.165) is 22.1 Å². The molecule has 0 amide bonds. The zero-order valence-electron chi connectivity index (χ0n) is 9.22. The van der Waals surface area contributed by atoms with Gasteiger partial charge in [-0.05, 0) is 28.1 Å². The van der Waals surface area contributed by atoms with E-state index in [0.29, 0.717) is 13.0 Å². The van der Waals surface area contributed by atoms with Crippen molar-refractivity contribution < 1.29 is 8.42 Å². The zero-order valence-corrected chi connectivity index (χ0v) is 11.6. The molecule has 7 heteroatoms. The number of hydrogen-bond donors (Lipinski definition) is 1. The van der Waals surface area contributed by atoms with E-state index in [4.69, 9.17) is 0 Å². The fourth-order valence-electron chi connectivity index (χ4n) is 1.50. The summed E-state index contributed by atoms with van der Waals surface area (Å²) >= 11 is 3.38. The van der Waals surface area contributed by atoms with Gasteiger partial charge in [0.05, 0.1) is 11.9 Å². The van der Waals surface area contributed by atoms with Gasteiger partial charge in [-0.15, -0.1) is 0 Å². The van der Waals surface area contributed by atoms with E-state index in [-0.39, 0.29) is 0 Å². The second-order valence-corrected chi connectivity index (χ2v) is 6.51. The first-order valence-electron chi connectivity index (χ1n) is 5.02. The standard InChI is InChI=1S/C10H12BrN3O2S/c1-17(15,16)12-5-4-9-7-14-6-8(11)2-3-10(14)13-9/h2-3,6-7,12H,4-5H2,1H3. The van der Waals surface area contributed by atoms with Crippen molar-refractivity contribution in [3.05, 3.63) is 34.7 Å². The highest BCUT2D eigenvalue weighted by Gasteiger charge is 2.04. The lowest BCUT2D eigenvalue weighted by Gasteiger charge is -1.98. The molecule has 0 aliphatic rings. The number of fused-ring (bicyclic) bond motifs is 1. The Morgan fingerprint density at radius 3 is 2.88 bits per heavy atom. The van der Waals surface area contributed by atoms with Crippen LogP contribution >= 0.6 is 15.9 Å². The number of imidazole rings is 1. The summed E-state index contributed by atoms with van der Waals surface area (Å²) in [5.41, 5.74) is 1.71. The van der Waals surface area contributed by atoms with Crippen LogP contribution in [0, 0.1) is 0 Å². The normalized spacial score (nSPS) is 12.1. The Kier molecular flexibility index (Phi) is 3.50. The Balaban J connectivity index is 2.09. The van der Waals surface area contributed by atoms with Gasteiger partial charge < -0.3 is 4.40 Å². The van der Waals surface area contributed by atoms with Crippen molar-refractivity contribution in [3.8, 4) is 0 Å². The highest BCUT2D eigenvalue weighted by atomic mass is 79.9. The van der Waals surface area contributed by atoms with Gasteiger partial charge in [0.2, 0.25) is 10.0 Å². The fraction of sp³-hybridized carbons (Fsp3) is 0.300. The number of hydrogen-bond acceptors (Lipinski definition) is 3. The lowest BCUT2D eigenvalue weighted by Crippen LogP contribution is -2.24. The predicted octanol–water partition coefficient (Wildman–Crippen LogP) is 1.19. The van der Waals surface area contributed by atoms with E-state index in [1.165, 1.54) is 0 Å². The summed E-state index contributed by atoms with van der Waals surface area (Å²) in [7, 11) is -3.12. The molecule has 0 aromatic carbocycles. The molecule has 0 radical (unpaired) electrons. The molecule has 0 atom stereocenters. The number of rotatable bonds is 4. The van der Waals surface area contributed by atoms with Crippen molar-refractivity contribution in [2.75, 3.05) is 12.8 Å². The first-order chi connectivity index (χ1) is 7.94. The zero-order chi connectivity index (χ0) is 12.5. The smallest absolute Gasteiger partial charge is 0.208 e. The van der Waals surface area contributed by atoms with Crippen LogP contribution in [0.3, 0.4) is 0 Å². The first-order valence-corrected chi connectivity index (χ1v) is 7.70. The molecule has 0 unspecified atom stereocenters. The van der Waals surface area contributed by atoms with E-state index in [1.54, 1.807) is 0 Å². The van der Waals surface area contributed by atoms with Crippen molar-refractivity contribution in [2.24, 2.45) is 0 Å². The van der Waals surface area contributed by atoms with Gasteiger partial charge in [-0.25, -0.2) is 18.1 Å². The van der Waals surface area contributed by atoms with E-state index >= 15 is 0 Å². The summed E-state index contributed by atoms with van der Waals surface area (Å²) in [6.07, 6.45) is 5.53. The van der Waals surface area contributed by atoms with Crippen LogP contribution in [0.25, 0.3) is 5.65 Å². The molecular weight excluding hydrogens is 306 g/mol. The van der Waals surface area contributed by atoms with Gasteiger partial charge in [0.15, 0.2) is 0 Å². The maximum absolute atomic E-state index is 10.9. The van der Waals surface area contributed by atoms with Gasteiger partial charge in [0.25, 0.3) is 0 Å². The molecule has 2 heterocycles. The van der Waals surface area contributed by atoms with Crippen molar-refractivity contribution >= 4 is 31.6 Å². The van der Waals surface area contributed by atoms with Gasteiger partial charge in [-0.3, -0.25) is 0 Å². The Hall–Kier alpha value is -0.920. The molecule has 0 fully saturated rings. The minimum atomic E-state index is -3.12. The third-order valence-corrected chi connectivity index (χ3v) is 3.41. The van der Waals surface area contributed by atoms with Crippen LogP contribution in [0.4, 0.5) is 0 Å². The molecule has 2 aromatic rings. The molecular formula is C10H12BrN3O2S. The Morgan fingerprint density at radius 2 is 2.18 bits per heavy atom. The second-order valence-electron chi connectivity index (χ2n) is 3.76. The lowest BCUT2D eigenvalue weighted by molar-refractivity contribution is 0.587. The van der Waals surface area contributed by atoms with Gasteiger partial charge in [-0.2, -0.15) is 0 Å². The van der Waals surface area contributed by atoms with Gasteiger partial charge in [0, 0.05) is 29.8 Å². The molecule has 92 valence electrons. The minimum Gasteiger partial charge on any atom is -0.306 e. The van der Waals surface area contributed by atoms with Crippen LogP contribution in [0.5, 0.6) is 0 Å². The SMILES string of the molecule is CS(=O)(=O)NCCc1cn2cc(Br)ccc2n1. The van der Waals surface area contributed by atoms with Crippen molar-refractivity contribution in [3.63, 3.8) is 0 Å². The predicted molar refractivity (Wildman–Crippen MR) is 69.4 cm³/mol. The largest absolute Gasteiger partial charge is 0.306 e. The first kappa shape index (κ1) is 12.5. The van der Waals surface area contributed by atoms with Crippen LogP contribution in [-0.2, 0) is 16.4 Å². The van der Waals surface area contributed by atoms with E-state index < -0.39 is 10.0 Å². The maximum Gasteiger partial charge on any atom is 0.208 e. The summed E-state index contributed by atoms with van der Waals surface area (Å²) in [5, 5.41) is 0. The topological polar surface area (TPSA) is 63.5 Å². The number of halogens is 1. The van der Waals surface area contributed by atoms with E-state index in [2.05, 4.69) is 25.6 Å². The molecule has 0 bridgehead atoms. The summed E-state index contributed by atoms with van der Waals surface area (Å²) in [6, 6.07) is 3.82. The summed E-state index contributed by atoms with van der Waals surface area (Å²) in [4.78, 5) is 4.38. The minimum absolute atomic E-state index is 0.365. The average molecular weight is 318 g/mol. The fourth-order valence-corrected chi connectivity index (χ4v) is 2.33. The highest BCUT2D eigenvalue weighted by Crippen LogP contribution is 2.12. The molecule has 0 spiro atoms. The van der Waals surface area contributed by atoms with E-state index in [9.17, 15) is 8.42 Å². The number of sulfonamides is 1. The number of nitrogens with one attached hydrogen (secondary N) is 1. The molecule has 2 rings (SSSR count). The molecule has 0 saturated heterocycles. The molecule has 0 aliphatic carbocycles. The molecule has 0 saturated carbocycles. The van der Waals surface area contributed by atoms with Gasteiger partial charge in [-0.1, -0.05) is 0 Å². The van der Waals surface area contributed by atoms with Crippen LogP contribution in [0.2, 0.25) is 0 Å². The highest BCUT2D eigenvalue weighted by molar-refractivity contribution is 9.10. The Labute approximate surface area is 108 Å². The number of nitrogens with zero attached hydrogens (tertiary/aromatic N) is 2. The van der Waals surface area contributed by atoms with Crippen molar-refractivity contribution in [1.82, 2.24) is 14.1 Å². The molecule has 5 nitrogen and oxygen atoms in total. The quantitative estimate of drug-likeness (QED) is 0.921. The summed E-state index contributed by atoms with van der Waals surface area (Å²) in [5.74, 6) is 0. The van der Waals surface area contributed by atoms with Crippen LogP contribution < -0.4 is 4.72 Å². The van der Waals surface area contributed by atoms with Crippen molar-refractivity contribution in [1.29, 1.82) is 0 Å². The maximum atomic E-state index is 10.9. The van der Waals surface area contributed by atoms with Crippen molar-refractivity contribution in [2.45, 2.75) is 6.42 Å². The van der Waals surface area contributed by atoms with Gasteiger partial charge in [0.1, 0.15) is 5.65 Å². The third-order valence-electron chi connectivity index (χ3n) is 2.21. The van der Waals surface area contributed by atoms with Crippen LogP contribution in [0.15, 0.2) is 29.0 Å². The second kappa shape index (κ2) is 4.75. The van der Waals surface area contributed by atoms with Crippen LogP contribution in [-0.4, -0.2) is 30.6 Å². The lowest BCUT2D eigenvalue weighted by atomic mass is 10.3.